The topological polar surface area (TPSA) is 46.5 Å². The number of carbonyl (C=O) groups is 1. The van der Waals surface area contributed by atoms with Gasteiger partial charge in [0.05, 0.1) is 6.10 Å². The minimum absolute atomic E-state index is 0.0569. The molecule has 3 nitrogen and oxygen atoms in total. The first-order chi connectivity index (χ1) is 5.70. The van der Waals surface area contributed by atoms with Gasteiger partial charge in [-0.1, -0.05) is 13.5 Å². The smallest absolute Gasteiger partial charge is 0.330 e. The van der Waals surface area contributed by atoms with Crippen molar-refractivity contribution in [3.63, 3.8) is 0 Å². The van der Waals surface area contributed by atoms with Gasteiger partial charge in [0, 0.05) is 6.08 Å². The van der Waals surface area contributed by atoms with Crippen molar-refractivity contribution in [1.82, 2.24) is 0 Å². The lowest BCUT2D eigenvalue weighted by molar-refractivity contribution is -0.140. The van der Waals surface area contributed by atoms with E-state index < -0.39 is 12.1 Å². The number of ether oxygens (including phenoxy) is 1. The van der Waals surface area contributed by atoms with Crippen LogP contribution in [0, 0.1) is 0 Å². The third-order valence-electron chi connectivity index (χ3n) is 1.06. The molecule has 0 aromatic carbocycles. The molecular formula is C9H16O3. The molecule has 0 spiro atoms. The zero-order chi connectivity index (χ0) is 9.98. The maximum atomic E-state index is 10.4. The summed E-state index contributed by atoms with van der Waals surface area (Å²) in [6.45, 7) is 11.1. The number of aliphatic hydroxyl groups excluding tert-OH is 1. The molecule has 12 heavy (non-hydrogen) atoms. The van der Waals surface area contributed by atoms with Crippen LogP contribution >= 0.6 is 0 Å². The highest BCUT2D eigenvalue weighted by Gasteiger charge is 2.02. The summed E-state index contributed by atoms with van der Waals surface area (Å²) in [4.78, 5) is 10.4. The number of hydrogen-bond donors (Lipinski definition) is 1. The normalized spacial score (nSPS) is 10.5. The Kier molecular flexibility index (Phi) is 11.1. The van der Waals surface area contributed by atoms with Gasteiger partial charge in [-0.15, -0.1) is 13.2 Å². The lowest BCUT2D eigenvalue weighted by Gasteiger charge is -2.05. The van der Waals surface area contributed by atoms with Crippen molar-refractivity contribution in [1.29, 1.82) is 0 Å². The highest BCUT2D eigenvalue weighted by atomic mass is 16.5. The fourth-order valence-electron chi connectivity index (χ4n) is 0.355. The fraction of sp³-hybridized carbons (Fsp3) is 0.444. The third-order valence-corrected chi connectivity index (χ3v) is 1.06. The van der Waals surface area contributed by atoms with Crippen molar-refractivity contribution in [2.75, 3.05) is 6.61 Å². The number of aliphatic hydroxyl groups is 1. The lowest BCUT2D eigenvalue weighted by atomic mass is 10.3. The first kappa shape index (κ1) is 13.5. The van der Waals surface area contributed by atoms with Crippen molar-refractivity contribution in [3.05, 3.63) is 25.8 Å². The van der Waals surface area contributed by atoms with Gasteiger partial charge in [-0.25, -0.2) is 4.79 Å². The van der Waals surface area contributed by atoms with E-state index in [9.17, 15) is 4.79 Å². The molecule has 0 aliphatic heterocycles. The van der Waals surface area contributed by atoms with Crippen LogP contribution in [-0.4, -0.2) is 23.8 Å². The third kappa shape index (κ3) is 8.91. The first-order valence-electron chi connectivity index (χ1n) is 3.68. The van der Waals surface area contributed by atoms with Gasteiger partial charge in [0.25, 0.3) is 0 Å². The van der Waals surface area contributed by atoms with Gasteiger partial charge in [-0.3, -0.25) is 0 Å². The predicted molar refractivity (Wildman–Crippen MR) is 48.7 cm³/mol. The second kappa shape index (κ2) is 9.91. The molecule has 0 rings (SSSR count). The second-order valence-electron chi connectivity index (χ2n) is 1.90. The highest BCUT2D eigenvalue weighted by molar-refractivity contribution is 5.81. The summed E-state index contributed by atoms with van der Waals surface area (Å²) in [5, 5.41) is 8.89. The predicted octanol–water partition coefficient (Wildman–Crippen LogP) is 1.29. The Morgan fingerprint density at radius 3 is 2.50 bits per heavy atom. The zero-order valence-corrected chi connectivity index (χ0v) is 7.45. The summed E-state index contributed by atoms with van der Waals surface area (Å²) in [5.74, 6) is -0.493. The van der Waals surface area contributed by atoms with Crippen molar-refractivity contribution < 1.29 is 14.6 Å². The maximum absolute atomic E-state index is 10.4. The molecule has 0 aliphatic rings. The molecule has 0 aromatic heterocycles. The van der Waals surface area contributed by atoms with Gasteiger partial charge in [-0.2, -0.15) is 0 Å². The Morgan fingerprint density at radius 1 is 1.67 bits per heavy atom. The Labute approximate surface area is 73.4 Å². The SMILES string of the molecule is C=C.C=CC(=O)OCC(O)CC. The molecule has 0 radical (unpaired) electrons. The van der Waals surface area contributed by atoms with Crippen LogP contribution in [0.5, 0.6) is 0 Å². The van der Waals surface area contributed by atoms with Crippen molar-refractivity contribution in [2.24, 2.45) is 0 Å². The number of carbonyl (C=O) groups excluding carboxylic acids is 1. The standard InChI is InChI=1S/C7H12O3.C2H4/c1-3-6(8)5-10-7(9)4-2;1-2/h4,6,8H,2-3,5H2,1H3;1-2H2. The summed E-state index contributed by atoms with van der Waals surface area (Å²) < 4.78 is 4.54. The highest BCUT2D eigenvalue weighted by Crippen LogP contribution is 1.90. The van der Waals surface area contributed by atoms with Crippen LogP contribution in [0.15, 0.2) is 25.8 Å². The monoisotopic (exact) mass is 172 g/mol. The molecule has 0 aliphatic carbocycles. The molecule has 0 bridgehead atoms. The van der Waals surface area contributed by atoms with E-state index in [1.807, 2.05) is 6.92 Å². The average Bonchev–Trinajstić information content (AvgIpc) is 2.16. The molecule has 0 aromatic rings. The second-order valence-corrected chi connectivity index (χ2v) is 1.90. The van der Waals surface area contributed by atoms with E-state index in [1.165, 1.54) is 0 Å². The molecule has 0 amide bonds. The van der Waals surface area contributed by atoms with Crippen molar-refractivity contribution in [3.8, 4) is 0 Å². The van der Waals surface area contributed by atoms with E-state index in [4.69, 9.17) is 5.11 Å². The van der Waals surface area contributed by atoms with Crippen LogP contribution in [0.2, 0.25) is 0 Å². The minimum atomic E-state index is -0.552. The Morgan fingerprint density at radius 2 is 2.17 bits per heavy atom. The number of rotatable bonds is 4. The van der Waals surface area contributed by atoms with Crippen LogP contribution in [0.4, 0.5) is 0 Å². The number of esters is 1. The molecule has 0 saturated carbocycles. The average molecular weight is 172 g/mol. The largest absolute Gasteiger partial charge is 0.460 e. The van der Waals surface area contributed by atoms with E-state index in [1.54, 1.807) is 0 Å². The quantitative estimate of drug-likeness (QED) is 0.395. The minimum Gasteiger partial charge on any atom is -0.460 e. The Hall–Kier alpha value is -1.09. The molecule has 0 fully saturated rings. The molecule has 0 saturated heterocycles. The van der Waals surface area contributed by atoms with Crippen LogP contribution in [0.1, 0.15) is 13.3 Å². The molecular weight excluding hydrogens is 156 g/mol. The van der Waals surface area contributed by atoms with Crippen LogP contribution < -0.4 is 0 Å². The van der Waals surface area contributed by atoms with E-state index in [0.29, 0.717) is 6.42 Å². The van der Waals surface area contributed by atoms with Gasteiger partial charge in [-0.05, 0) is 6.42 Å². The van der Waals surface area contributed by atoms with Gasteiger partial charge in [0.15, 0.2) is 0 Å². The molecule has 3 heteroatoms. The zero-order valence-electron chi connectivity index (χ0n) is 7.45. The fourth-order valence-corrected chi connectivity index (χ4v) is 0.355. The molecule has 0 heterocycles. The molecule has 1 unspecified atom stereocenters. The lowest BCUT2D eigenvalue weighted by Crippen LogP contribution is -2.16. The summed E-state index contributed by atoms with van der Waals surface area (Å²) in [5.41, 5.74) is 0. The van der Waals surface area contributed by atoms with Crippen molar-refractivity contribution >= 4 is 5.97 Å². The van der Waals surface area contributed by atoms with Crippen LogP contribution in [0.25, 0.3) is 0 Å². The van der Waals surface area contributed by atoms with Gasteiger partial charge >= 0.3 is 5.97 Å². The van der Waals surface area contributed by atoms with Crippen LogP contribution in [0.3, 0.4) is 0 Å². The van der Waals surface area contributed by atoms with Gasteiger partial charge in [0.1, 0.15) is 6.61 Å². The molecule has 1 N–H and O–H groups in total. The summed E-state index contributed by atoms with van der Waals surface area (Å²) in [6.07, 6.45) is 1.11. The van der Waals surface area contributed by atoms with E-state index in [2.05, 4.69) is 24.5 Å². The summed E-state index contributed by atoms with van der Waals surface area (Å²) in [6, 6.07) is 0. The first-order valence-corrected chi connectivity index (χ1v) is 3.68. The van der Waals surface area contributed by atoms with Crippen molar-refractivity contribution in [2.45, 2.75) is 19.4 Å². The maximum Gasteiger partial charge on any atom is 0.330 e. The summed E-state index contributed by atoms with van der Waals surface area (Å²) in [7, 11) is 0. The summed E-state index contributed by atoms with van der Waals surface area (Å²) >= 11 is 0. The molecule has 1 atom stereocenters. The number of hydrogen-bond acceptors (Lipinski definition) is 3. The van der Waals surface area contributed by atoms with Gasteiger partial charge < -0.3 is 9.84 Å². The van der Waals surface area contributed by atoms with E-state index >= 15 is 0 Å². The van der Waals surface area contributed by atoms with E-state index in [0.717, 1.165) is 6.08 Å². The Balaban J connectivity index is 0. The van der Waals surface area contributed by atoms with Crippen LogP contribution in [-0.2, 0) is 9.53 Å². The molecule has 70 valence electrons. The Bertz CT molecular complexity index is 132. The van der Waals surface area contributed by atoms with E-state index in [-0.39, 0.29) is 6.61 Å². The van der Waals surface area contributed by atoms with Gasteiger partial charge in [0.2, 0.25) is 0 Å².